The molecule has 142 valence electrons. The van der Waals surface area contributed by atoms with Crippen molar-refractivity contribution in [1.82, 2.24) is 10.2 Å². The molecule has 0 unspecified atom stereocenters. The van der Waals surface area contributed by atoms with E-state index in [1.165, 1.54) is 5.56 Å². The number of morpholine rings is 1. The first-order valence-corrected chi connectivity index (χ1v) is 9.59. The van der Waals surface area contributed by atoms with Gasteiger partial charge in [0.25, 0.3) is 0 Å². The molecule has 27 heavy (non-hydrogen) atoms. The van der Waals surface area contributed by atoms with Crippen LogP contribution >= 0.6 is 11.6 Å². The fraction of sp³-hybridized carbons (Fsp3) is 0.318. The Labute approximate surface area is 165 Å². The minimum absolute atomic E-state index is 0.0692. The van der Waals surface area contributed by atoms with Gasteiger partial charge in [0.2, 0.25) is 5.91 Å². The number of carbonyl (C=O) groups excluding carboxylic acids is 1. The van der Waals surface area contributed by atoms with Crippen LogP contribution in [-0.2, 0) is 9.53 Å². The van der Waals surface area contributed by atoms with Gasteiger partial charge in [-0.1, -0.05) is 53.6 Å². The minimum atomic E-state index is -0.117. The monoisotopic (exact) mass is 384 g/mol. The number of nitrogens with one attached hydrogen (secondary N) is 1. The van der Waals surface area contributed by atoms with E-state index in [0.29, 0.717) is 5.02 Å². The number of halogens is 1. The lowest BCUT2D eigenvalue weighted by Gasteiger charge is -2.31. The summed E-state index contributed by atoms with van der Waals surface area (Å²) in [5.41, 5.74) is 3.21. The Morgan fingerprint density at radius 2 is 1.96 bits per heavy atom. The van der Waals surface area contributed by atoms with Crippen molar-refractivity contribution in [3.05, 3.63) is 76.3 Å². The van der Waals surface area contributed by atoms with E-state index in [-0.39, 0.29) is 11.9 Å². The van der Waals surface area contributed by atoms with Crippen LogP contribution in [0, 0.1) is 6.92 Å². The maximum absolute atomic E-state index is 12.5. The Bertz CT molecular complexity index is 783. The molecular weight excluding hydrogens is 360 g/mol. The summed E-state index contributed by atoms with van der Waals surface area (Å²) in [6.07, 6.45) is 3.34. The average molecular weight is 385 g/mol. The van der Waals surface area contributed by atoms with Crippen molar-refractivity contribution >= 4 is 23.6 Å². The number of carbonyl (C=O) groups is 1. The standard InChI is InChI=1S/C22H25ClN2O2/c1-17-5-8-19(9-6-17)21(16-25-11-13-27-14-12-25)24-22(26)10-7-18-3-2-4-20(23)15-18/h2-10,15,21H,11-14,16H2,1H3,(H,24,26)/b10-7+/t21-/m0/s1. The molecule has 1 aliphatic rings. The van der Waals surface area contributed by atoms with Crippen LogP contribution < -0.4 is 5.32 Å². The summed E-state index contributed by atoms with van der Waals surface area (Å²) in [6.45, 7) is 6.08. The van der Waals surface area contributed by atoms with Gasteiger partial charge in [-0.3, -0.25) is 9.69 Å². The molecule has 1 atom stereocenters. The Balaban J connectivity index is 1.69. The molecule has 1 saturated heterocycles. The molecule has 2 aromatic rings. The molecule has 1 fully saturated rings. The second kappa shape index (κ2) is 9.70. The van der Waals surface area contributed by atoms with Crippen LogP contribution in [0.25, 0.3) is 6.08 Å². The van der Waals surface area contributed by atoms with Gasteiger partial charge in [-0.15, -0.1) is 0 Å². The van der Waals surface area contributed by atoms with Gasteiger partial charge in [0, 0.05) is 30.7 Å². The Morgan fingerprint density at radius 3 is 2.67 bits per heavy atom. The van der Waals surface area contributed by atoms with E-state index in [1.54, 1.807) is 12.2 Å². The van der Waals surface area contributed by atoms with Crippen molar-refractivity contribution in [3.63, 3.8) is 0 Å². The maximum atomic E-state index is 12.5. The topological polar surface area (TPSA) is 41.6 Å². The molecule has 0 bridgehead atoms. The smallest absolute Gasteiger partial charge is 0.244 e. The van der Waals surface area contributed by atoms with Crippen molar-refractivity contribution in [2.75, 3.05) is 32.8 Å². The van der Waals surface area contributed by atoms with Crippen molar-refractivity contribution in [1.29, 1.82) is 0 Å². The van der Waals surface area contributed by atoms with Gasteiger partial charge in [-0.2, -0.15) is 0 Å². The number of hydrogen-bond donors (Lipinski definition) is 1. The van der Waals surface area contributed by atoms with Crippen LogP contribution in [0.2, 0.25) is 5.02 Å². The van der Waals surface area contributed by atoms with Gasteiger partial charge in [0.1, 0.15) is 0 Å². The van der Waals surface area contributed by atoms with Crippen LogP contribution in [0.15, 0.2) is 54.6 Å². The van der Waals surface area contributed by atoms with Gasteiger partial charge in [-0.05, 0) is 36.3 Å². The molecule has 1 N–H and O–H groups in total. The molecule has 0 radical (unpaired) electrons. The Kier molecular flexibility index (Phi) is 7.04. The molecule has 5 heteroatoms. The highest BCUT2D eigenvalue weighted by molar-refractivity contribution is 6.30. The van der Waals surface area contributed by atoms with Crippen molar-refractivity contribution in [2.24, 2.45) is 0 Å². The van der Waals surface area contributed by atoms with Gasteiger partial charge in [-0.25, -0.2) is 0 Å². The van der Waals surface area contributed by atoms with Crippen molar-refractivity contribution < 1.29 is 9.53 Å². The summed E-state index contributed by atoms with van der Waals surface area (Å²) in [5.74, 6) is -0.117. The molecule has 1 amide bonds. The molecule has 1 heterocycles. The van der Waals surface area contributed by atoms with E-state index in [4.69, 9.17) is 16.3 Å². The summed E-state index contributed by atoms with van der Waals surface area (Å²) in [6, 6.07) is 15.7. The average Bonchev–Trinajstić information content (AvgIpc) is 2.67. The first-order valence-electron chi connectivity index (χ1n) is 9.21. The van der Waals surface area contributed by atoms with Gasteiger partial charge in [0.05, 0.1) is 19.3 Å². The second-order valence-corrected chi connectivity index (χ2v) is 7.21. The van der Waals surface area contributed by atoms with Crippen LogP contribution in [0.4, 0.5) is 0 Å². The van der Waals surface area contributed by atoms with Gasteiger partial charge < -0.3 is 10.1 Å². The van der Waals surface area contributed by atoms with Crippen molar-refractivity contribution in [3.8, 4) is 0 Å². The molecule has 1 aliphatic heterocycles. The highest BCUT2D eigenvalue weighted by Gasteiger charge is 2.19. The molecule has 3 rings (SSSR count). The zero-order valence-corrected chi connectivity index (χ0v) is 16.3. The van der Waals surface area contributed by atoms with Crippen LogP contribution in [-0.4, -0.2) is 43.7 Å². The van der Waals surface area contributed by atoms with Crippen LogP contribution in [0.3, 0.4) is 0 Å². The fourth-order valence-corrected chi connectivity index (χ4v) is 3.28. The molecular formula is C22H25ClN2O2. The number of rotatable bonds is 6. The lowest BCUT2D eigenvalue weighted by molar-refractivity contribution is -0.117. The largest absolute Gasteiger partial charge is 0.379 e. The highest BCUT2D eigenvalue weighted by atomic mass is 35.5. The number of benzene rings is 2. The minimum Gasteiger partial charge on any atom is -0.379 e. The number of ether oxygens (including phenoxy) is 1. The molecule has 2 aromatic carbocycles. The predicted octanol–water partition coefficient (Wildman–Crippen LogP) is 3.85. The predicted molar refractivity (Wildman–Crippen MR) is 110 cm³/mol. The van der Waals surface area contributed by atoms with Gasteiger partial charge >= 0.3 is 0 Å². The lowest BCUT2D eigenvalue weighted by Crippen LogP contribution is -2.42. The SMILES string of the molecule is Cc1ccc([C@H](CN2CCOCC2)NC(=O)/C=C/c2cccc(Cl)c2)cc1. The van der Waals surface area contributed by atoms with Crippen LogP contribution in [0.5, 0.6) is 0 Å². The van der Waals surface area contributed by atoms with E-state index in [2.05, 4.69) is 41.4 Å². The third kappa shape index (κ3) is 6.21. The molecule has 0 aromatic heterocycles. The van der Waals surface area contributed by atoms with Crippen molar-refractivity contribution in [2.45, 2.75) is 13.0 Å². The Morgan fingerprint density at radius 1 is 1.22 bits per heavy atom. The zero-order chi connectivity index (χ0) is 19.1. The zero-order valence-electron chi connectivity index (χ0n) is 15.5. The summed E-state index contributed by atoms with van der Waals surface area (Å²) in [7, 11) is 0. The number of hydrogen-bond acceptors (Lipinski definition) is 3. The summed E-state index contributed by atoms with van der Waals surface area (Å²) in [4.78, 5) is 14.8. The first kappa shape index (κ1) is 19.6. The van der Waals surface area contributed by atoms with E-state index < -0.39 is 0 Å². The number of amides is 1. The normalized spacial score (nSPS) is 16.4. The molecule has 0 aliphatic carbocycles. The van der Waals surface area contributed by atoms with E-state index in [9.17, 15) is 4.79 Å². The fourth-order valence-electron chi connectivity index (χ4n) is 3.08. The van der Waals surface area contributed by atoms with E-state index >= 15 is 0 Å². The maximum Gasteiger partial charge on any atom is 0.244 e. The highest BCUT2D eigenvalue weighted by Crippen LogP contribution is 2.17. The Hall–Kier alpha value is -2.14. The van der Waals surface area contributed by atoms with Crippen LogP contribution in [0.1, 0.15) is 22.7 Å². The first-order chi connectivity index (χ1) is 13.1. The third-order valence-electron chi connectivity index (χ3n) is 4.62. The second-order valence-electron chi connectivity index (χ2n) is 6.77. The number of nitrogens with zero attached hydrogens (tertiary/aromatic N) is 1. The molecule has 0 spiro atoms. The third-order valence-corrected chi connectivity index (χ3v) is 4.85. The van der Waals surface area contributed by atoms with E-state index in [0.717, 1.165) is 44.0 Å². The summed E-state index contributed by atoms with van der Waals surface area (Å²) in [5, 5.41) is 3.80. The number of aryl methyl sites for hydroxylation is 1. The van der Waals surface area contributed by atoms with E-state index in [1.807, 2.05) is 24.3 Å². The molecule has 0 saturated carbocycles. The quantitative estimate of drug-likeness (QED) is 0.769. The summed E-state index contributed by atoms with van der Waals surface area (Å²) >= 11 is 6.00. The molecule has 4 nitrogen and oxygen atoms in total. The van der Waals surface area contributed by atoms with Gasteiger partial charge in [0.15, 0.2) is 0 Å². The summed E-state index contributed by atoms with van der Waals surface area (Å²) < 4.78 is 5.43. The lowest BCUT2D eigenvalue weighted by atomic mass is 10.0.